The maximum Gasteiger partial charge on any atom is 0.245 e. The summed E-state index contributed by atoms with van der Waals surface area (Å²) in [7, 11) is -2.10. The van der Waals surface area contributed by atoms with Crippen LogP contribution in [0, 0.1) is 0 Å². The number of rotatable bonds is 4. The van der Waals surface area contributed by atoms with Crippen molar-refractivity contribution in [1.82, 2.24) is 4.31 Å². The summed E-state index contributed by atoms with van der Waals surface area (Å²) in [6.07, 6.45) is 0. The van der Waals surface area contributed by atoms with E-state index in [0.717, 1.165) is 5.56 Å². The maximum atomic E-state index is 12.7. The second-order valence-corrected chi connectivity index (χ2v) is 7.67. The average molecular weight is 369 g/mol. The number of nitrogens with zero attached hydrogens (tertiary/aromatic N) is 1. The number of benzene rings is 2. The van der Waals surface area contributed by atoms with E-state index in [4.69, 9.17) is 5.73 Å². The predicted molar refractivity (Wildman–Crippen MR) is 88.4 cm³/mol. The molecule has 6 heteroatoms. The largest absolute Gasteiger partial charge is 0.398 e. The lowest BCUT2D eigenvalue weighted by Gasteiger charge is -2.25. The van der Waals surface area contributed by atoms with Gasteiger partial charge in [0.25, 0.3) is 0 Å². The van der Waals surface area contributed by atoms with E-state index >= 15 is 0 Å². The van der Waals surface area contributed by atoms with Crippen molar-refractivity contribution in [3.63, 3.8) is 0 Å². The maximum absolute atomic E-state index is 12.7. The van der Waals surface area contributed by atoms with Crippen LogP contribution in [0.3, 0.4) is 0 Å². The molecule has 0 aromatic heterocycles. The van der Waals surface area contributed by atoms with Crippen molar-refractivity contribution in [3.05, 3.63) is 58.6 Å². The van der Waals surface area contributed by atoms with Crippen LogP contribution in [0.15, 0.2) is 57.9 Å². The quantitative estimate of drug-likeness (QED) is 0.840. The second kappa shape index (κ2) is 6.17. The standard InChI is InChI=1S/C15H17BrN2O2S/c1-11(12-6-4-3-5-7-12)18(2)21(19,20)15-10-13(16)8-9-14(15)17/h3-11H,17H2,1-2H3. The van der Waals surface area contributed by atoms with E-state index in [0.29, 0.717) is 4.47 Å². The summed E-state index contributed by atoms with van der Waals surface area (Å²) < 4.78 is 27.5. The monoisotopic (exact) mass is 368 g/mol. The number of hydrogen-bond donors (Lipinski definition) is 1. The van der Waals surface area contributed by atoms with E-state index in [9.17, 15) is 8.42 Å². The normalized spacial score (nSPS) is 13.3. The topological polar surface area (TPSA) is 63.4 Å². The Hall–Kier alpha value is -1.37. The van der Waals surface area contributed by atoms with E-state index in [1.165, 1.54) is 10.4 Å². The van der Waals surface area contributed by atoms with Crippen molar-refractivity contribution in [2.24, 2.45) is 0 Å². The molecule has 0 aliphatic heterocycles. The number of halogens is 1. The minimum Gasteiger partial charge on any atom is -0.398 e. The van der Waals surface area contributed by atoms with E-state index in [1.54, 1.807) is 19.2 Å². The first-order valence-corrected chi connectivity index (χ1v) is 8.65. The van der Waals surface area contributed by atoms with Gasteiger partial charge in [-0.25, -0.2) is 8.42 Å². The molecule has 0 fully saturated rings. The molecular weight excluding hydrogens is 352 g/mol. The fraction of sp³-hybridized carbons (Fsp3) is 0.200. The fourth-order valence-corrected chi connectivity index (χ4v) is 4.04. The van der Waals surface area contributed by atoms with E-state index in [-0.39, 0.29) is 16.6 Å². The summed E-state index contributed by atoms with van der Waals surface area (Å²) >= 11 is 3.28. The molecule has 1 atom stereocenters. The van der Waals surface area contributed by atoms with Crippen molar-refractivity contribution in [1.29, 1.82) is 0 Å². The molecule has 112 valence electrons. The molecule has 2 aromatic carbocycles. The van der Waals surface area contributed by atoms with Crippen LogP contribution < -0.4 is 5.73 Å². The minimum atomic E-state index is -3.66. The molecule has 1 unspecified atom stereocenters. The van der Waals surface area contributed by atoms with Crippen molar-refractivity contribution in [3.8, 4) is 0 Å². The van der Waals surface area contributed by atoms with Gasteiger partial charge in [-0.3, -0.25) is 0 Å². The molecule has 0 heterocycles. The van der Waals surface area contributed by atoms with Crippen molar-refractivity contribution < 1.29 is 8.42 Å². The number of anilines is 1. The minimum absolute atomic E-state index is 0.113. The Kier molecular flexibility index (Phi) is 4.70. The van der Waals surface area contributed by atoms with Crippen molar-refractivity contribution >= 4 is 31.6 Å². The molecule has 0 amide bonds. The van der Waals surface area contributed by atoms with Gasteiger partial charge in [0.05, 0.1) is 5.69 Å². The van der Waals surface area contributed by atoms with Crippen LogP contribution in [0.4, 0.5) is 5.69 Å². The number of nitrogens with two attached hydrogens (primary N) is 1. The zero-order valence-electron chi connectivity index (χ0n) is 11.8. The van der Waals surface area contributed by atoms with Crippen molar-refractivity contribution in [2.45, 2.75) is 17.9 Å². The third kappa shape index (κ3) is 3.28. The molecule has 4 nitrogen and oxygen atoms in total. The number of nitrogen functional groups attached to an aromatic ring is 1. The van der Waals surface area contributed by atoms with Crippen LogP contribution in [-0.4, -0.2) is 19.8 Å². The molecular formula is C15H17BrN2O2S. The van der Waals surface area contributed by atoms with Crippen LogP contribution in [0.5, 0.6) is 0 Å². The molecule has 0 bridgehead atoms. The van der Waals surface area contributed by atoms with Gasteiger partial charge in [0, 0.05) is 17.6 Å². The van der Waals surface area contributed by atoms with Gasteiger partial charge in [-0.15, -0.1) is 0 Å². The third-order valence-electron chi connectivity index (χ3n) is 3.46. The van der Waals surface area contributed by atoms with Gasteiger partial charge >= 0.3 is 0 Å². The summed E-state index contributed by atoms with van der Waals surface area (Å²) in [5.74, 6) is 0. The highest BCUT2D eigenvalue weighted by atomic mass is 79.9. The molecule has 2 N–H and O–H groups in total. The van der Waals surface area contributed by atoms with Gasteiger partial charge < -0.3 is 5.73 Å². The van der Waals surface area contributed by atoms with Gasteiger partial charge in [-0.1, -0.05) is 46.3 Å². The fourth-order valence-electron chi connectivity index (χ4n) is 2.04. The molecule has 0 aliphatic carbocycles. The molecule has 0 saturated carbocycles. The highest BCUT2D eigenvalue weighted by molar-refractivity contribution is 9.10. The lowest BCUT2D eigenvalue weighted by atomic mass is 10.1. The number of hydrogen-bond acceptors (Lipinski definition) is 3. The van der Waals surface area contributed by atoms with E-state index in [1.807, 2.05) is 37.3 Å². The Balaban J connectivity index is 2.41. The van der Waals surface area contributed by atoms with Gasteiger partial charge in [0.2, 0.25) is 10.0 Å². The summed E-state index contributed by atoms with van der Waals surface area (Å²) in [6, 6.07) is 14.0. The molecule has 2 rings (SSSR count). The Morgan fingerprint density at radius 3 is 2.38 bits per heavy atom. The van der Waals surface area contributed by atoms with E-state index in [2.05, 4.69) is 15.9 Å². The Bertz CT molecular complexity index is 733. The van der Waals surface area contributed by atoms with Crippen LogP contribution in [0.2, 0.25) is 0 Å². The zero-order valence-corrected chi connectivity index (χ0v) is 14.2. The van der Waals surface area contributed by atoms with Crippen LogP contribution in [0.25, 0.3) is 0 Å². The molecule has 21 heavy (non-hydrogen) atoms. The molecule has 0 spiro atoms. The second-order valence-electron chi connectivity index (χ2n) is 4.79. The summed E-state index contributed by atoms with van der Waals surface area (Å²) in [6.45, 7) is 1.85. The Labute approximate surface area is 133 Å². The first-order valence-electron chi connectivity index (χ1n) is 6.42. The Morgan fingerprint density at radius 1 is 1.14 bits per heavy atom. The van der Waals surface area contributed by atoms with Gasteiger partial charge in [0.1, 0.15) is 4.90 Å². The molecule has 0 radical (unpaired) electrons. The van der Waals surface area contributed by atoms with Gasteiger partial charge in [-0.2, -0.15) is 4.31 Å². The van der Waals surface area contributed by atoms with Crippen LogP contribution in [-0.2, 0) is 10.0 Å². The van der Waals surface area contributed by atoms with Crippen LogP contribution in [0.1, 0.15) is 18.5 Å². The third-order valence-corrected chi connectivity index (χ3v) is 5.94. The Morgan fingerprint density at radius 2 is 1.76 bits per heavy atom. The highest BCUT2D eigenvalue weighted by Gasteiger charge is 2.28. The first-order chi connectivity index (χ1) is 9.84. The van der Waals surface area contributed by atoms with Crippen LogP contribution >= 0.6 is 15.9 Å². The summed E-state index contributed by atoms with van der Waals surface area (Å²) in [5.41, 5.74) is 6.99. The average Bonchev–Trinajstić information content (AvgIpc) is 2.49. The lowest BCUT2D eigenvalue weighted by molar-refractivity contribution is 0.398. The smallest absolute Gasteiger partial charge is 0.245 e. The van der Waals surface area contributed by atoms with Crippen molar-refractivity contribution in [2.75, 3.05) is 12.8 Å². The van der Waals surface area contributed by atoms with E-state index < -0.39 is 10.0 Å². The molecule has 0 aliphatic rings. The predicted octanol–water partition coefficient (Wildman–Crippen LogP) is 3.41. The highest BCUT2D eigenvalue weighted by Crippen LogP contribution is 2.30. The molecule has 2 aromatic rings. The lowest BCUT2D eigenvalue weighted by Crippen LogP contribution is -2.30. The summed E-state index contributed by atoms with van der Waals surface area (Å²) in [5, 5.41) is 0. The van der Waals surface area contributed by atoms with Gasteiger partial charge in [0.15, 0.2) is 0 Å². The van der Waals surface area contributed by atoms with Gasteiger partial charge in [-0.05, 0) is 30.7 Å². The zero-order chi connectivity index (χ0) is 15.6. The SMILES string of the molecule is CC(c1ccccc1)N(C)S(=O)(=O)c1cc(Br)ccc1N. The first kappa shape index (κ1) is 16.0. The molecule has 0 saturated heterocycles. The summed E-state index contributed by atoms with van der Waals surface area (Å²) in [4.78, 5) is 0.113. The number of sulfonamides is 1.